The van der Waals surface area contributed by atoms with Crippen LogP contribution in [0.4, 0.5) is 0 Å². The summed E-state index contributed by atoms with van der Waals surface area (Å²) in [5.74, 6) is 0.869. The summed E-state index contributed by atoms with van der Waals surface area (Å²) in [5.41, 5.74) is 0. The molecule has 1 aromatic rings. The lowest BCUT2D eigenvalue weighted by Gasteiger charge is -2.24. The minimum atomic E-state index is 0.514. The first-order valence-corrected chi connectivity index (χ1v) is 6.71. The maximum Gasteiger partial charge on any atom is 0.0386 e. The minimum absolute atomic E-state index is 0.514. The zero-order valence-electron chi connectivity index (χ0n) is 9.33. The standard InChI is InChI=1S/C12H20N2S/c1-10(12-3-2-8-15-12)14-9-11-4-6-13-7-5-11/h2-3,8,10-11,13-14H,4-7,9H2,1H3/t10-/m0/s1. The first-order chi connectivity index (χ1) is 7.36. The molecule has 0 aromatic carbocycles. The Kier molecular flexibility index (Phi) is 4.18. The smallest absolute Gasteiger partial charge is 0.0386 e. The van der Waals surface area contributed by atoms with Gasteiger partial charge in [-0.15, -0.1) is 11.3 Å². The summed E-state index contributed by atoms with van der Waals surface area (Å²) < 4.78 is 0. The quantitative estimate of drug-likeness (QED) is 0.820. The van der Waals surface area contributed by atoms with Crippen molar-refractivity contribution in [2.24, 2.45) is 5.92 Å². The summed E-state index contributed by atoms with van der Waals surface area (Å²) in [5, 5.41) is 9.19. The van der Waals surface area contributed by atoms with E-state index >= 15 is 0 Å². The van der Waals surface area contributed by atoms with Crippen molar-refractivity contribution in [1.29, 1.82) is 0 Å². The Morgan fingerprint density at radius 3 is 3.00 bits per heavy atom. The molecule has 1 saturated heterocycles. The van der Waals surface area contributed by atoms with Crippen molar-refractivity contribution in [2.75, 3.05) is 19.6 Å². The molecule has 2 N–H and O–H groups in total. The highest BCUT2D eigenvalue weighted by Crippen LogP contribution is 2.19. The minimum Gasteiger partial charge on any atom is -0.317 e. The SMILES string of the molecule is C[C@H](NCC1CCNCC1)c1cccs1. The van der Waals surface area contributed by atoms with E-state index in [9.17, 15) is 0 Å². The number of hydrogen-bond donors (Lipinski definition) is 2. The van der Waals surface area contributed by atoms with Crippen molar-refractivity contribution in [3.05, 3.63) is 22.4 Å². The maximum absolute atomic E-state index is 3.64. The normalized spacial score (nSPS) is 20.3. The van der Waals surface area contributed by atoms with E-state index in [0.717, 1.165) is 5.92 Å². The summed E-state index contributed by atoms with van der Waals surface area (Å²) in [4.78, 5) is 1.45. The second-order valence-electron chi connectivity index (χ2n) is 4.34. The topological polar surface area (TPSA) is 24.1 Å². The van der Waals surface area contributed by atoms with Gasteiger partial charge >= 0.3 is 0 Å². The van der Waals surface area contributed by atoms with E-state index < -0.39 is 0 Å². The van der Waals surface area contributed by atoms with E-state index in [1.807, 2.05) is 11.3 Å². The van der Waals surface area contributed by atoms with Crippen LogP contribution in [0.15, 0.2) is 17.5 Å². The van der Waals surface area contributed by atoms with Gasteiger partial charge in [0, 0.05) is 10.9 Å². The molecule has 0 bridgehead atoms. The van der Waals surface area contributed by atoms with E-state index in [4.69, 9.17) is 0 Å². The van der Waals surface area contributed by atoms with Gasteiger partial charge in [0.25, 0.3) is 0 Å². The van der Waals surface area contributed by atoms with Crippen molar-refractivity contribution in [3.63, 3.8) is 0 Å². The average Bonchev–Trinajstić information content (AvgIpc) is 2.81. The predicted molar refractivity (Wildman–Crippen MR) is 66.3 cm³/mol. The second kappa shape index (κ2) is 5.64. The predicted octanol–water partition coefficient (Wildman–Crippen LogP) is 2.40. The Hall–Kier alpha value is -0.380. The van der Waals surface area contributed by atoms with E-state index in [1.165, 1.54) is 37.4 Å². The van der Waals surface area contributed by atoms with Crippen LogP contribution in [-0.2, 0) is 0 Å². The lowest BCUT2D eigenvalue weighted by atomic mass is 9.98. The molecule has 1 aliphatic heterocycles. The molecule has 15 heavy (non-hydrogen) atoms. The fraction of sp³-hybridized carbons (Fsp3) is 0.667. The van der Waals surface area contributed by atoms with Crippen LogP contribution in [0, 0.1) is 5.92 Å². The molecule has 0 spiro atoms. The zero-order valence-corrected chi connectivity index (χ0v) is 10.1. The largest absolute Gasteiger partial charge is 0.317 e. The van der Waals surface area contributed by atoms with Gasteiger partial charge in [-0.2, -0.15) is 0 Å². The fourth-order valence-electron chi connectivity index (χ4n) is 2.07. The molecular formula is C12H20N2S. The molecule has 0 saturated carbocycles. The number of hydrogen-bond acceptors (Lipinski definition) is 3. The van der Waals surface area contributed by atoms with Crippen LogP contribution in [0.5, 0.6) is 0 Å². The molecule has 1 aromatic heterocycles. The lowest BCUT2D eigenvalue weighted by molar-refractivity contribution is 0.346. The molecule has 1 fully saturated rings. The van der Waals surface area contributed by atoms with Gasteiger partial charge in [0.1, 0.15) is 0 Å². The van der Waals surface area contributed by atoms with Crippen LogP contribution in [0.25, 0.3) is 0 Å². The molecule has 1 aliphatic rings. The summed E-state index contributed by atoms with van der Waals surface area (Å²) in [6.45, 7) is 5.81. The number of nitrogens with one attached hydrogen (secondary N) is 2. The number of piperidine rings is 1. The highest BCUT2D eigenvalue weighted by atomic mass is 32.1. The molecule has 0 aliphatic carbocycles. The molecule has 2 nitrogen and oxygen atoms in total. The fourth-order valence-corrected chi connectivity index (χ4v) is 2.83. The molecule has 0 unspecified atom stereocenters. The van der Waals surface area contributed by atoms with Crippen LogP contribution in [0.2, 0.25) is 0 Å². The van der Waals surface area contributed by atoms with Crippen molar-refractivity contribution in [2.45, 2.75) is 25.8 Å². The highest BCUT2D eigenvalue weighted by molar-refractivity contribution is 7.10. The Morgan fingerprint density at radius 1 is 1.53 bits per heavy atom. The van der Waals surface area contributed by atoms with E-state index in [-0.39, 0.29) is 0 Å². The molecular weight excluding hydrogens is 204 g/mol. The Balaban J connectivity index is 1.73. The van der Waals surface area contributed by atoms with Crippen molar-refractivity contribution >= 4 is 11.3 Å². The van der Waals surface area contributed by atoms with Crippen molar-refractivity contribution < 1.29 is 0 Å². The summed E-state index contributed by atoms with van der Waals surface area (Å²) in [6, 6.07) is 4.85. The Labute approximate surface area is 96.1 Å². The average molecular weight is 224 g/mol. The van der Waals surface area contributed by atoms with Crippen LogP contribution in [0.3, 0.4) is 0 Å². The van der Waals surface area contributed by atoms with Gasteiger partial charge in [-0.25, -0.2) is 0 Å². The summed E-state index contributed by atoms with van der Waals surface area (Å²) in [7, 11) is 0. The first kappa shape index (κ1) is 11.1. The molecule has 3 heteroatoms. The molecule has 84 valence electrons. The van der Waals surface area contributed by atoms with Crippen LogP contribution in [0.1, 0.15) is 30.7 Å². The van der Waals surface area contributed by atoms with E-state index in [0.29, 0.717) is 6.04 Å². The van der Waals surface area contributed by atoms with Crippen molar-refractivity contribution in [1.82, 2.24) is 10.6 Å². The Morgan fingerprint density at radius 2 is 2.33 bits per heavy atom. The van der Waals surface area contributed by atoms with Crippen LogP contribution < -0.4 is 10.6 Å². The summed E-state index contributed by atoms with van der Waals surface area (Å²) >= 11 is 1.84. The third kappa shape index (κ3) is 3.30. The highest BCUT2D eigenvalue weighted by Gasteiger charge is 2.14. The van der Waals surface area contributed by atoms with Gasteiger partial charge in [0.2, 0.25) is 0 Å². The van der Waals surface area contributed by atoms with Gasteiger partial charge in [-0.3, -0.25) is 0 Å². The second-order valence-corrected chi connectivity index (χ2v) is 5.32. The van der Waals surface area contributed by atoms with Crippen molar-refractivity contribution in [3.8, 4) is 0 Å². The van der Waals surface area contributed by atoms with Gasteiger partial charge < -0.3 is 10.6 Å². The third-order valence-electron chi connectivity index (χ3n) is 3.14. The van der Waals surface area contributed by atoms with Crippen LogP contribution >= 0.6 is 11.3 Å². The summed E-state index contributed by atoms with van der Waals surface area (Å²) in [6.07, 6.45) is 2.65. The van der Waals surface area contributed by atoms with Gasteiger partial charge in [-0.05, 0) is 56.8 Å². The third-order valence-corrected chi connectivity index (χ3v) is 4.20. The lowest BCUT2D eigenvalue weighted by Crippen LogP contribution is -2.34. The number of thiophene rings is 1. The Bertz CT molecular complexity index is 265. The molecule has 2 rings (SSSR count). The molecule has 0 amide bonds. The monoisotopic (exact) mass is 224 g/mol. The molecule has 2 heterocycles. The van der Waals surface area contributed by atoms with Gasteiger partial charge in [0.05, 0.1) is 0 Å². The van der Waals surface area contributed by atoms with Gasteiger partial charge in [0.15, 0.2) is 0 Å². The molecule has 0 radical (unpaired) electrons. The first-order valence-electron chi connectivity index (χ1n) is 5.84. The maximum atomic E-state index is 3.64. The van der Waals surface area contributed by atoms with E-state index in [2.05, 4.69) is 35.1 Å². The van der Waals surface area contributed by atoms with Gasteiger partial charge in [-0.1, -0.05) is 6.07 Å². The zero-order chi connectivity index (χ0) is 10.5. The number of rotatable bonds is 4. The van der Waals surface area contributed by atoms with E-state index in [1.54, 1.807) is 0 Å². The molecule has 1 atom stereocenters. The van der Waals surface area contributed by atoms with Crippen LogP contribution in [-0.4, -0.2) is 19.6 Å².